The third kappa shape index (κ3) is 1.31. The fourth-order valence-electron chi connectivity index (χ4n) is 3.69. The molecule has 90 valence electrons. The van der Waals surface area contributed by atoms with Gasteiger partial charge in [-0.2, -0.15) is 0 Å². The minimum Gasteiger partial charge on any atom is -0.388 e. The molecule has 1 N–H and O–H groups in total. The first kappa shape index (κ1) is 10.3. The summed E-state index contributed by atoms with van der Waals surface area (Å²) in [5.41, 5.74) is 6.90. The molecule has 0 aliphatic heterocycles. The van der Waals surface area contributed by atoms with Crippen LogP contribution in [0.5, 0.6) is 0 Å². The molecule has 2 unspecified atom stereocenters. The molecule has 0 saturated heterocycles. The first-order valence-electron chi connectivity index (χ1n) is 6.72. The van der Waals surface area contributed by atoms with Gasteiger partial charge in [0, 0.05) is 5.92 Å². The van der Waals surface area contributed by atoms with E-state index in [-0.39, 0.29) is 6.10 Å². The van der Waals surface area contributed by atoms with Crippen molar-refractivity contribution in [2.24, 2.45) is 0 Å². The number of aryl methyl sites for hydroxylation is 2. The van der Waals surface area contributed by atoms with Gasteiger partial charge in [0.05, 0.1) is 6.10 Å². The molecule has 0 heterocycles. The number of rotatable bonds is 0. The lowest BCUT2D eigenvalue weighted by Gasteiger charge is -2.14. The van der Waals surface area contributed by atoms with Crippen molar-refractivity contribution in [2.75, 3.05) is 0 Å². The molecule has 4 rings (SSSR count). The Morgan fingerprint density at radius 3 is 2.50 bits per heavy atom. The predicted octanol–water partition coefficient (Wildman–Crippen LogP) is 3.35. The molecule has 0 spiro atoms. The van der Waals surface area contributed by atoms with Crippen molar-refractivity contribution in [3.8, 4) is 0 Å². The molecule has 18 heavy (non-hydrogen) atoms. The van der Waals surface area contributed by atoms with Crippen molar-refractivity contribution < 1.29 is 5.11 Å². The van der Waals surface area contributed by atoms with Gasteiger partial charge in [-0.05, 0) is 47.1 Å². The average molecular weight is 236 g/mol. The molecule has 0 bridgehead atoms. The SMILES string of the molecule is OC1CC2c3ccccc3CCc3cccc1c32. The summed E-state index contributed by atoms with van der Waals surface area (Å²) in [5.74, 6) is 0.407. The fourth-order valence-corrected chi connectivity index (χ4v) is 3.69. The summed E-state index contributed by atoms with van der Waals surface area (Å²) in [5, 5.41) is 10.3. The minimum atomic E-state index is -0.281. The maximum Gasteiger partial charge on any atom is 0.0802 e. The van der Waals surface area contributed by atoms with Gasteiger partial charge in [0.15, 0.2) is 0 Å². The Balaban J connectivity index is 1.99. The van der Waals surface area contributed by atoms with E-state index in [1.165, 1.54) is 22.3 Å². The van der Waals surface area contributed by atoms with Crippen LogP contribution in [0.2, 0.25) is 0 Å². The monoisotopic (exact) mass is 236 g/mol. The zero-order valence-corrected chi connectivity index (χ0v) is 10.3. The molecule has 2 aliphatic rings. The molecule has 2 aliphatic carbocycles. The predicted molar refractivity (Wildman–Crippen MR) is 71.7 cm³/mol. The van der Waals surface area contributed by atoms with Gasteiger partial charge in [0.25, 0.3) is 0 Å². The lowest BCUT2D eigenvalue weighted by molar-refractivity contribution is 0.176. The van der Waals surface area contributed by atoms with Gasteiger partial charge in [-0.25, -0.2) is 0 Å². The standard InChI is InChI=1S/C17H16O/c18-16-10-15-13-6-2-1-4-11(13)8-9-12-5-3-7-14(16)17(12)15/h1-7,15-16,18H,8-10H2. The number of hydrogen-bond acceptors (Lipinski definition) is 1. The molecule has 2 atom stereocenters. The Labute approximate surface area is 107 Å². The molecule has 2 aromatic rings. The smallest absolute Gasteiger partial charge is 0.0802 e. The van der Waals surface area contributed by atoms with Crippen molar-refractivity contribution in [3.05, 3.63) is 70.3 Å². The summed E-state index contributed by atoms with van der Waals surface area (Å²) in [6, 6.07) is 15.1. The Morgan fingerprint density at radius 2 is 1.56 bits per heavy atom. The van der Waals surface area contributed by atoms with E-state index < -0.39 is 0 Å². The first-order chi connectivity index (χ1) is 8.84. The van der Waals surface area contributed by atoms with Crippen LogP contribution < -0.4 is 0 Å². The van der Waals surface area contributed by atoms with Crippen molar-refractivity contribution >= 4 is 0 Å². The van der Waals surface area contributed by atoms with Gasteiger partial charge >= 0.3 is 0 Å². The number of aliphatic hydroxyl groups excluding tert-OH is 1. The number of hydrogen-bond donors (Lipinski definition) is 1. The maximum atomic E-state index is 10.3. The summed E-state index contributed by atoms with van der Waals surface area (Å²) < 4.78 is 0. The van der Waals surface area contributed by atoms with Crippen LogP contribution in [0.25, 0.3) is 0 Å². The zero-order chi connectivity index (χ0) is 12.1. The van der Waals surface area contributed by atoms with Gasteiger partial charge in [-0.15, -0.1) is 0 Å². The van der Waals surface area contributed by atoms with Gasteiger partial charge in [-0.1, -0.05) is 42.5 Å². The van der Waals surface area contributed by atoms with E-state index in [9.17, 15) is 5.11 Å². The van der Waals surface area contributed by atoms with E-state index in [0.29, 0.717) is 5.92 Å². The fraction of sp³-hybridized carbons (Fsp3) is 0.294. The highest BCUT2D eigenvalue weighted by Crippen LogP contribution is 2.48. The van der Waals surface area contributed by atoms with E-state index in [2.05, 4.69) is 42.5 Å². The topological polar surface area (TPSA) is 20.2 Å². The highest BCUT2D eigenvalue weighted by atomic mass is 16.3. The van der Waals surface area contributed by atoms with Crippen LogP contribution >= 0.6 is 0 Å². The molecule has 0 amide bonds. The molecule has 0 saturated carbocycles. The summed E-state index contributed by atoms with van der Waals surface area (Å²) in [4.78, 5) is 0. The number of benzene rings is 2. The van der Waals surface area contributed by atoms with E-state index >= 15 is 0 Å². The zero-order valence-electron chi connectivity index (χ0n) is 10.3. The second-order valence-electron chi connectivity index (χ2n) is 5.42. The van der Waals surface area contributed by atoms with Gasteiger partial charge in [-0.3, -0.25) is 0 Å². The van der Waals surface area contributed by atoms with Crippen LogP contribution in [-0.2, 0) is 12.8 Å². The molecule has 2 aromatic carbocycles. The number of aliphatic hydroxyl groups is 1. The Hall–Kier alpha value is -1.60. The second-order valence-corrected chi connectivity index (χ2v) is 5.42. The molecule has 0 radical (unpaired) electrons. The third-order valence-electron chi connectivity index (χ3n) is 4.49. The summed E-state index contributed by atoms with van der Waals surface area (Å²) in [7, 11) is 0. The number of fused-ring (bicyclic) bond motifs is 2. The van der Waals surface area contributed by atoms with Crippen LogP contribution in [0.4, 0.5) is 0 Å². The van der Waals surface area contributed by atoms with Crippen molar-refractivity contribution in [1.29, 1.82) is 0 Å². The lowest BCUT2D eigenvalue weighted by Crippen LogP contribution is -1.99. The normalized spacial score (nSPS) is 24.3. The highest BCUT2D eigenvalue weighted by molar-refractivity contribution is 5.52. The van der Waals surface area contributed by atoms with Crippen LogP contribution in [-0.4, -0.2) is 5.11 Å². The van der Waals surface area contributed by atoms with Crippen LogP contribution in [0, 0.1) is 0 Å². The minimum absolute atomic E-state index is 0.281. The van der Waals surface area contributed by atoms with Gasteiger partial charge in [0.2, 0.25) is 0 Å². The summed E-state index contributed by atoms with van der Waals surface area (Å²) in [6.45, 7) is 0. The van der Waals surface area contributed by atoms with Gasteiger partial charge in [0.1, 0.15) is 0 Å². The molecular formula is C17H16O. The molecule has 0 aromatic heterocycles. The summed E-state index contributed by atoms with van der Waals surface area (Å²) >= 11 is 0. The first-order valence-corrected chi connectivity index (χ1v) is 6.72. The molecule has 1 nitrogen and oxygen atoms in total. The van der Waals surface area contributed by atoms with Crippen molar-refractivity contribution in [1.82, 2.24) is 0 Å². The largest absolute Gasteiger partial charge is 0.388 e. The van der Waals surface area contributed by atoms with Crippen LogP contribution in [0.1, 0.15) is 46.3 Å². The lowest BCUT2D eigenvalue weighted by atomic mass is 9.90. The Kier molecular flexibility index (Phi) is 2.12. The van der Waals surface area contributed by atoms with E-state index in [0.717, 1.165) is 24.8 Å². The molecular weight excluding hydrogens is 220 g/mol. The quantitative estimate of drug-likeness (QED) is 0.743. The van der Waals surface area contributed by atoms with Crippen molar-refractivity contribution in [2.45, 2.75) is 31.3 Å². The van der Waals surface area contributed by atoms with E-state index in [1.54, 1.807) is 0 Å². The average Bonchev–Trinajstić information content (AvgIpc) is 2.65. The van der Waals surface area contributed by atoms with Crippen molar-refractivity contribution in [3.63, 3.8) is 0 Å². The molecule has 0 fully saturated rings. The third-order valence-corrected chi connectivity index (χ3v) is 4.49. The highest BCUT2D eigenvalue weighted by Gasteiger charge is 2.34. The van der Waals surface area contributed by atoms with E-state index in [4.69, 9.17) is 0 Å². The Bertz CT molecular complexity index is 615. The van der Waals surface area contributed by atoms with Crippen LogP contribution in [0.3, 0.4) is 0 Å². The molecule has 1 heteroatoms. The second kappa shape index (κ2) is 3.69. The summed E-state index contributed by atoms with van der Waals surface area (Å²) in [6.07, 6.45) is 2.79. The van der Waals surface area contributed by atoms with Crippen LogP contribution in [0.15, 0.2) is 42.5 Å². The Morgan fingerprint density at radius 1 is 0.833 bits per heavy atom. The van der Waals surface area contributed by atoms with E-state index in [1.807, 2.05) is 0 Å². The maximum absolute atomic E-state index is 10.3. The van der Waals surface area contributed by atoms with Gasteiger partial charge < -0.3 is 5.11 Å².